The summed E-state index contributed by atoms with van der Waals surface area (Å²) in [6, 6.07) is 0.522. The van der Waals surface area contributed by atoms with Crippen LogP contribution in [0.3, 0.4) is 0 Å². The van der Waals surface area contributed by atoms with E-state index in [-0.39, 0.29) is 0 Å². The largest absolute Gasteiger partial charge is 0.317 e. The van der Waals surface area contributed by atoms with Crippen molar-refractivity contribution >= 4 is 23.1 Å². The Morgan fingerprint density at radius 2 is 2.44 bits per heavy atom. The fourth-order valence-electron chi connectivity index (χ4n) is 1.92. The van der Waals surface area contributed by atoms with Gasteiger partial charge < -0.3 is 5.32 Å². The number of thiazole rings is 1. The molecule has 0 saturated carbocycles. The molecule has 2 rings (SSSR count). The van der Waals surface area contributed by atoms with Crippen molar-refractivity contribution in [2.75, 3.05) is 12.8 Å². The van der Waals surface area contributed by atoms with Gasteiger partial charge in [-0.25, -0.2) is 4.98 Å². The van der Waals surface area contributed by atoms with Crippen LogP contribution < -0.4 is 5.32 Å². The summed E-state index contributed by atoms with van der Waals surface area (Å²) in [5, 5.41) is 7.52. The number of nitrogens with zero attached hydrogens (tertiary/aromatic N) is 1. The second-order valence-corrected chi connectivity index (χ2v) is 6.63. The molecule has 2 heterocycles. The van der Waals surface area contributed by atoms with Crippen LogP contribution in [0.1, 0.15) is 42.1 Å². The van der Waals surface area contributed by atoms with E-state index in [9.17, 15) is 0 Å². The van der Waals surface area contributed by atoms with Crippen LogP contribution in [0, 0.1) is 0 Å². The summed E-state index contributed by atoms with van der Waals surface area (Å²) in [5.41, 5.74) is 1.26. The Balaban J connectivity index is 1.95. The molecule has 2 unspecified atom stereocenters. The van der Waals surface area contributed by atoms with Crippen LogP contribution in [0.2, 0.25) is 0 Å². The summed E-state index contributed by atoms with van der Waals surface area (Å²) in [5.74, 6) is 1.31. The smallest absolute Gasteiger partial charge is 0.106 e. The lowest BCUT2D eigenvalue weighted by molar-refractivity contribution is 0.600. The molecule has 1 aromatic rings. The van der Waals surface area contributed by atoms with Crippen LogP contribution in [0.5, 0.6) is 0 Å². The van der Waals surface area contributed by atoms with Crippen molar-refractivity contribution in [3.8, 4) is 0 Å². The van der Waals surface area contributed by atoms with Crippen LogP contribution in [-0.4, -0.2) is 23.8 Å². The summed E-state index contributed by atoms with van der Waals surface area (Å²) in [6.07, 6.45) is 5.12. The molecule has 4 heteroatoms. The number of rotatable bonds is 4. The van der Waals surface area contributed by atoms with E-state index in [1.54, 1.807) is 0 Å². The number of thioether (sulfide) groups is 1. The van der Waals surface area contributed by atoms with Gasteiger partial charge in [0.1, 0.15) is 5.01 Å². The molecule has 0 aromatic carbocycles. The van der Waals surface area contributed by atoms with E-state index in [0.29, 0.717) is 11.3 Å². The second kappa shape index (κ2) is 6.03. The average molecular weight is 256 g/mol. The minimum absolute atomic E-state index is 0.522. The van der Waals surface area contributed by atoms with Crippen LogP contribution in [0.15, 0.2) is 5.38 Å². The SMILES string of the molecule is CNC(C)Cc1csc(C2CCCCS2)n1. The number of likely N-dealkylation sites (N-methyl/N-ethyl adjacent to an activating group) is 1. The third-order valence-electron chi connectivity index (χ3n) is 3.03. The van der Waals surface area contributed by atoms with Crippen LogP contribution in [0.4, 0.5) is 0 Å². The Morgan fingerprint density at radius 3 is 3.12 bits per heavy atom. The summed E-state index contributed by atoms with van der Waals surface area (Å²) in [6.45, 7) is 2.20. The van der Waals surface area contributed by atoms with Gasteiger partial charge in [0.2, 0.25) is 0 Å². The predicted octanol–water partition coefficient (Wildman–Crippen LogP) is 3.25. The van der Waals surface area contributed by atoms with Gasteiger partial charge in [0.05, 0.1) is 10.9 Å². The highest BCUT2D eigenvalue weighted by molar-refractivity contribution is 7.99. The third kappa shape index (κ3) is 3.22. The number of hydrogen-bond donors (Lipinski definition) is 1. The van der Waals surface area contributed by atoms with Crippen molar-refractivity contribution in [1.82, 2.24) is 10.3 Å². The van der Waals surface area contributed by atoms with Gasteiger partial charge in [-0.3, -0.25) is 0 Å². The Kier molecular flexibility index (Phi) is 4.67. The maximum Gasteiger partial charge on any atom is 0.106 e. The van der Waals surface area contributed by atoms with Crippen molar-refractivity contribution in [3.05, 3.63) is 16.1 Å². The van der Waals surface area contributed by atoms with Gasteiger partial charge in [-0.2, -0.15) is 11.8 Å². The molecule has 1 saturated heterocycles. The molecule has 2 nitrogen and oxygen atoms in total. The minimum Gasteiger partial charge on any atom is -0.317 e. The molecule has 90 valence electrons. The fraction of sp³-hybridized carbons (Fsp3) is 0.750. The maximum atomic E-state index is 4.78. The number of nitrogens with one attached hydrogen (secondary N) is 1. The van der Waals surface area contributed by atoms with E-state index in [2.05, 4.69) is 29.4 Å². The highest BCUT2D eigenvalue weighted by Crippen LogP contribution is 2.39. The molecule has 1 fully saturated rings. The minimum atomic E-state index is 0.522. The summed E-state index contributed by atoms with van der Waals surface area (Å²) < 4.78 is 0. The van der Waals surface area contributed by atoms with E-state index in [1.165, 1.54) is 35.7 Å². The molecule has 0 aliphatic carbocycles. The maximum absolute atomic E-state index is 4.78. The van der Waals surface area contributed by atoms with Crippen molar-refractivity contribution in [2.24, 2.45) is 0 Å². The second-order valence-electron chi connectivity index (χ2n) is 4.43. The zero-order valence-corrected chi connectivity index (χ0v) is 11.7. The Bertz CT molecular complexity index is 319. The molecule has 0 radical (unpaired) electrons. The quantitative estimate of drug-likeness (QED) is 0.895. The van der Waals surface area contributed by atoms with Crippen LogP contribution in [0.25, 0.3) is 0 Å². The van der Waals surface area contributed by atoms with Crippen LogP contribution >= 0.6 is 23.1 Å². The van der Waals surface area contributed by atoms with E-state index in [1.807, 2.05) is 18.4 Å². The molecule has 1 N–H and O–H groups in total. The Hall–Kier alpha value is -0.0600. The highest BCUT2D eigenvalue weighted by atomic mass is 32.2. The topological polar surface area (TPSA) is 24.9 Å². The first-order valence-electron chi connectivity index (χ1n) is 6.02. The van der Waals surface area contributed by atoms with E-state index < -0.39 is 0 Å². The average Bonchev–Trinajstić information content (AvgIpc) is 2.78. The van der Waals surface area contributed by atoms with Gasteiger partial charge in [-0.1, -0.05) is 6.42 Å². The lowest BCUT2D eigenvalue weighted by Crippen LogP contribution is -2.23. The number of aromatic nitrogens is 1. The van der Waals surface area contributed by atoms with Crippen molar-refractivity contribution in [2.45, 2.75) is 43.9 Å². The highest BCUT2D eigenvalue weighted by Gasteiger charge is 2.19. The molecule has 1 aromatic heterocycles. The van der Waals surface area contributed by atoms with Gasteiger partial charge in [-0.15, -0.1) is 11.3 Å². The van der Waals surface area contributed by atoms with E-state index >= 15 is 0 Å². The van der Waals surface area contributed by atoms with Crippen molar-refractivity contribution < 1.29 is 0 Å². The molecule has 0 amide bonds. The Morgan fingerprint density at radius 1 is 1.56 bits per heavy atom. The van der Waals surface area contributed by atoms with Gasteiger partial charge >= 0.3 is 0 Å². The van der Waals surface area contributed by atoms with E-state index in [0.717, 1.165) is 6.42 Å². The van der Waals surface area contributed by atoms with Crippen molar-refractivity contribution in [1.29, 1.82) is 0 Å². The molecule has 0 spiro atoms. The summed E-state index contributed by atoms with van der Waals surface area (Å²) in [4.78, 5) is 4.78. The zero-order valence-electron chi connectivity index (χ0n) is 10.0. The first-order chi connectivity index (χ1) is 7.79. The normalized spacial score (nSPS) is 23.2. The predicted molar refractivity (Wildman–Crippen MR) is 73.4 cm³/mol. The third-order valence-corrected chi connectivity index (χ3v) is 5.57. The summed E-state index contributed by atoms with van der Waals surface area (Å²) in [7, 11) is 2.01. The molecule has 2 atom stereocenters. The van der Waals surface area contributed by atoms with E-state index in [4.69, 9.17) is 4.98 Å². The molecular formula is C12H20N2S2. The summed E-state index contributed by atoms with van der Waals surface area (Å²) >= 11 is 3.94. The van der Waals surface area contributed by atoms with Gasteiger partial charge in [0.15, 0.2) is 0 Å². The monoisotopic (exact) mass is 256 g/mol. The first-order valence-corrected chi connectivity index (χ1v) is 7.95. The molecule has 16 heavy (non-hydrogen) atoms. The fourth-order valence-corrected chi connectivity index (χ4v) is 4.32. The molecule has 1 aliphatic heterocycles. The first kappa shape index (κ1) is 12.4. The molecule has 0 bridgehead atoms. The van der Waals surface area contributed by atoms with Gasteiger partial charge in [0, 0.05) is 17.8 Å². The van der Waals surface area contributed by atoms with Crippen LogP contribution in [-0.2, 0) is 6.42 Å². The zero-order chi connectivity index (χ0) is 11.4. The van der Waals surface area contributed by atoms with Gasteiger partial charge in [0.25, 0.3) is 0 Å². The standard InChI is InChI=1S/C12H20N2S2/c1-9(13-2)7-10-8-16-12(14-10)11-5-3-4-6-15-11/h8-9,11,13H,3-7H2,1-2H3. The van der Waals surface area contributed by atoms with Gasteiger partial charge in [-0.05, 0) is 32.6 Å². The molecular weight excluding hydrogens is 236 g/mol. The molecule has 1 aliphatic rings. The van der Waals surface area contributed by atoms with Crippen molar-refractivity contribution in [3.63, 3.8) is 0 Å². The Labute approximate surface area is 106 Å². The lowest BCUT2D eigenvalue weighted by Gasteiger charge is -2.18. The lowest BCUT2D eigenvalue weighted by atomic mass is 10.2. The number of hydrogen-bond acceptors (Lipinski definition) is 4.